The summed E-state index contributed by atoms with van der Waals surface area (Å²) >= 11 is 0. The van der Waals surface area contributed by atoms with E-state index in [-0.39, 0.29) is 0 Å². The van der Waals surface area contributed by atoms with Gasteiger partial charge in [-0.1, -0.05) is 12.8 Å². The number of unbranched alkanes of at least 4 members (excludes halogenated alkanes) is 2. The van der Waals surface area contributed by atoms with E-state index >= 15 is 0 Å². The van der Waals surface area contributed by atoms with Crippen molar-refractivity contribution in [2.24, 2.45) is 22.9 Å². The fourth-order valence-electron chi connectivity index (χ4n) is 2.22. The number of carbonyl (C=O) groups excluding carboxylic acids is 2. The maximum Gasteiger partial charge on any atom is 0.336 e. The number of aliphatic carboxylic acids is 3. The number of carboxylic acids is 3. The molecule has 0 spiro atoms. The normalized spacial score (nSPS) is 12.7. The summed E-state index contributed by atoms with van der Waals surface area (Å²) in [6.45, 7) is 1.10. The summed E-state index contributed by atoms with van der Waals surface area (Å²) in [5.41, 5.74) is 19.1. The smallest absolute Gasteiger partial charge is 0.336 e. The molecule has 0 amide bonds. The van der Waals surface area contributed by atoms with E-state index < -0.39 is 60.4 Å². The molecule has 0 unspecified atom stereocenters. The molecule has 0 aromatic rings. The van der Waals surface area contributed by atoms with Gasteiger partial charge in [-0.3, -0.25) is 9.59 Å². The fraction of sp³-hybridized carbons (Fsp3) is 0.722. The van der Waals surface area contributed by atoms with Crippen LogP contribution in [0.5, 0.6) is 0 Å². The van der Waals surface area contributed by atoms with E-state index in [2.05, 4.69) is 4.74 Å². The first-order chi connectivity index (χ1) is 14.8. The van der Waals surface area contributed by atoms with Gasteiger partial charge in [0.05, 0.1) is 12.8 Å². The first-order valence-corrected chi connectivity index (χ1v) is 9.86. The highest BCUT2D eigenvalue weighted by atomic mass is 16.6. The maximum absolute atomic E-state index is 11.5. The zero-order valence-electron chi connectivity index (χ0n) is 17.8. The molecule has 0 rings (SSSR count). The number of carbonyl (C=O) groups is 5. The predicted molar refractivity (Wildman–Crippen MR) is 110 cm³/mol. The molecular weight excluding hydrogens is 432 g/mol. The molecule has 0 aliphatic rings. The average Bonchev–Trinajstić information content (AvgIpc) is 2.67. The number of carboxylic acid groups (broad SMARTS) is 3. The van der Waals surface area contributed by atoms with Gasteiger partial charge in [-0.05, 0) is 38.8 Å². The molecule has 0 aromatic carbocycles. The first-order valence-electron chi connectivity index (χ1n) is 9.86. The molecule has 0 saturated carbocycles. The van der Waals surface area contributed by atoms with Crippen molar-refractivity contribution in [3.63, 3.8) is 0 Å². The van der Waals surface area contributed by atoms with E-state index in [0.717, 1.165) is 25.7 Å². The number of rotatable bonds is 15. The minimum atomic E-state index is -2.74. The highest BCUT2D eigenvalue weighted by molar-refractivity contribution is 5.90. The van der Waals surface area contributed by atoms with Crippen LogP contribution in [0, 0.1) is 0 Å². The lowest BCUT2D eigenvalue weighted by Gasteiger charge is -2.18. The number of hydrogen-bond acceptors (Lipinski definition) is 11. The standard InChI is InChI=1S/C12H26N4O3.C6H8O7/c13-7-3-1-5-9(15)11(17)19-12(18)10(16)6-2-4-8-14;7-3(8)1-6(13,5(11)12)2-4(9)10/h9-10H,1-8,13-16H2;13H,1-2H2,(H,7,8)(H,9,10)(H,11,12)/t9-,10-;/m0./s1. The van der Waals surface area contributed by atoms with Crippen LogP contribution in [0.4, 0.5) is 0 Å². The molecule has 14 heteroatoms. The molecule has 0 aliphatic carbocycles. The van der Waals surface area contributed by atoms with Gasteiger partial charge >= 0.3 is 29.8 Å². The van der Waals surface area contributed by atoms with Crippen LogP contribution in [0.15, 0.2) is 0 Å². The summed E-state index contributed by atoms with van der Waals surface area (Å²) in [4.78, 5) is 53.5. The Morgan fingerprint density at radius 1 is 0.719 bits per heavy atom. The van der Waals surface area contributed by atoms with Crippen molar-refractivity contribution in [1.29, 1.82) is 0 Å². The number of hydrogen-bond donors (Lipinski definition) is 8. The summed E-state index contributed by atoms with van der Waals surface area (Å²) in [5, 5.41) is 33.8. The zero-order chi connectivity index (χ0) is 25.3. The molecule has 0 aliphatic heterocycles. The molecule has 186 valence electrons. The van der Waals surface area contributed by atoms with Crippen LogP contribution in [0.2, 0.25) is 0 Å². The maximum atomic E-state index is 11.5. The molecule has 0 radical (unpaired) electrons. The second-order valence-electron chi connectivity index (χ2n) is 7.00. The fourth-order valence-corrected chi connectivity index (χ4v) is 2.22. The van der Waals surface area contributed by atoms with E-state index in [0.29, 0.717) is 25.9 Å². The third kappa shape index (κ3) is 15.2. The average molecular weight is 466 g/mol. The van der Waals surface area contributed by atoms with Crippen LogP contribution >= 0.6 is 0 Å². The monoisotopic (exact) mass is 466 g/mol. The topological polar surface area (TPSA) is 280 Å². The molecule has 14 nitrogen and oxygen atoms in total. The summed E-state index contributed by atoms with van der Waals surface area (Å²) in [7, 11) is 0. The van der Waals surface area contributed by atoms with Gasteiger partial charge in [0, 0.05) is 0 Å². The zero-order valence-corrected chi connectivity index (χ0v) is 17.8. The van der Waals surface area contributed by atoms with Crippen molar-refractivity contribution in [2.45, 2.75) is 69.1 Å². The second kappa shape index (κ2) is 17.0. The highest BCUT2D eigenvalue weighted by Gasteiger charge is 2.40. The van der Waals surface area contributed by atoms with E-state index in [4.69, 9.17) is 43.4 Å². The second-order valence-corrected chi connectivity index (χ2v) is 7.00. The molecule has 0 fully saturated rings. The Balaban J connectivity index is 0. The number of nitrogens with two attached hydrogens (primary N) is 4. The van der Waals surface area contributed by atoms with Gasteiger partial charge in [0.15, 0.2) is 5.60 Å². The summed E-state index contributed by atoms with van der Waals surface area (Å²) < 4.78 is 4.64. The largest absolute Gasteiger partial charge is 0.481 e. The molecule has 0 heterocycles. The van der Waals surface area contributed by atoms with Crippen molar-refractivity contribution in [3.8, 4) is 0 Å². The van der Waals surface area contributed by atoms with Gasteiger partial charge in [-0.15, -0.1) is 0 Å². The SMILES string of the molecule is NCCCC[C@H](N)C(=O)OC(=O)[C@@H](N)CCCCN.O=C(O)CC(O)(CC(=O)O)C(=O)O. The Hall–Kier alpha value is -2.65. The molecule has 12 N–H and O–H groups in total. The van der Waals surface area contributed by atoms with Crippen molar-refractivity contribution < 1.29 is 49.1 Å². The molecule has 0 aromatic heterocycles. The van der Waals surface area contributed by atoms with Crippen molar-refractivity contribution in [1.82, 2.24) is 0 Å². The van der Waals surface area contributed by atoms with Crippen LogP contribution in [-0.4, -0.2) is 81.0 Å². The molecular formula is C18H34N4O10. The Kier molecular flexibility index (Phi) is 16.7. The Morgan fingerprint density at radius 3 is 1.31 bits per heavy atom. The third-order valence-electron chi connectivity index (χ3n) is 4.03. The Bertz CT molecular complexity index is 587. The van der Waals surface area contributed by atoms with Gasteiger partial charge in [-0.25, -0.2) is 14.4 Å². The summed E-state index contributed by atoms with van der Waals surface area (Å²) in [6.07, 6.45) is 1.63. The lowest BCUT2D eigenvalue weighted by Crippen LogP contribution is -2.42. The van der Waals surface area contributed by atoms with E-state index in [1.165, 1.54) is 0 Å². The van der Waals surface area contributed by atoms with E-state index in [1.54, 1.807) is 0 Å². The van der Waals surface area contributed by atoms with Crippen LogP contribution in [-0.2, 0) is 28.7 Å². The predicted octanol–water partition coefficient (Wildman–Crippen LogP) is -2.28. The molecule has 32 heavy (non-hydrogen) atoms. The number of ether oxygens (including phenoxy) is 1. The Morgan fingerprint density at radius 2 is 1.06 bits per heavy atom. The van der Waals surface area contributed by atoms with Crippen molar-refractivity contribution in [2.75, 3.05) is 13.1 Å². The van der Waals surface area contributed by atoms with Gasteiger partial charge in [0.25, 0.3) is 0 Å². The number of esters is 2. The number of aliphatic hydroxyl groups is 1. The Labute approximate surface area is 184 Å². The van der Waals surface area contributed by atoms with Crippen LogP contribution in [0.25, 0.3) is 0 Å². The lowest BCUT2D eigenvalue weighted by atomic mass is 9.96. The van der Waals surface area contributed by atoms with Crippen LogP contribution < -0.4 is 22.9 Å². The van der Waals surface area contributed by atoms with Gasteiger partial charge in [-0.2, -0.15) is 0 Å². The van der Waals surface area contributed by atoms with E-state index in [9.17, 15) is 24.0 Å². The lowest BCUT2D eigenvalue weighted by molar-refractivity contribution is -0.170. The van der Waals surface area contributed by atoms with Gasteiger partial charge in [0.2, 0.25) is 0 Å². The third-order valence-corrected chi connectivity index (χ3v) is 4.03. The van der Waals surface area contributed by atoms with Crippen molar-refractivity contribution in [3.05, 3.63) is 0 Å². The van der Waals surface area contributed by atoms with Crippen molar-refractivity contribution >= 4 is 29.8 Å². The van der Waals surface area contributed by atoms with Crippen LogP contribution in [0.3, 0.4) is 0 Å². The van der Waals surface area contributed by atoms with Gasteiger partial charge in [0.1, 0.15) is 12.1 Å². The first kappa shape index (κ1) is 31.5. The highest BCUT2D eigenvalue weighted by Crippen LogP contribution is 2.15. The molecule has 2 atom stereocenters. The summed E-state index contributed by atoms with van der Waals surface area (Å²) in [5.74, 6) is -6.47. The van der Waals surface area contributed by atoms with E-state index in [1.807, 2.05) is 0 Å². The minimum Gasteiger partial charge on any atom is -0.481 e. The minimum absolute atomic E-state index is 0.450. The summed E-state index contributed by atoms with van der Waals surface area (Å²) in [6, 6.07) is -1.60. The quantitative estimate of drug-likeness (QED) is 0.0717. The molecule has 0 bridgehead atoms. The van der Waals surface area contributed by atoms with Crippen LogP contribution in [0.1, 0.15) is 51.4 Å². The molecule has 0 saturated heterocycles. The van der Waals surface area contributed by atoms with Gasteiger partial charge < -0.3 is 48.1 Å².